The average Bonchev–Trinajstić information content (AvgIpc) is 2.56. The molecule has 23 heavy (non-hydrogen) atoms. The number of aryl methyl sites for hydroxylation is 1. The maximum atomic E-state index is 12.3. The first-order chi connectivity index (χ1) is 11.0. The molecule has 5 nitrogen and oxygen atoms in total. The summed E-state index contributed by atoms with van der Waals surface area (Å²) < 4.78 is 0. The molecule has 2 rings (SSSR count). The van der Waals surface area contributed by atoms with Crippen molar-refractivity contribution >= 4 is 29.1 Å². The third-order valence-corrected chi connectivity index (χ3v) is 3.90. The molecule has 0 aliphatic rings. The molecular formula is C17H21ClN4O. The van der Waals surface area contributed by atoms with Gasteiger partial charge in [-0.25, -0.2) is 9.97 Å². The maximum absolute atomic E-state index is 12.3. The van der Waals surface area contributed by atoms with Gasteiger partial charge in [-0.3, -0.25) is 4.79 Å². The Kier molecular flexibility index (Phi) is 5.93. The molecule has 0 unspecified atom stereocenters. The van der Waals surface area contributed by atoms with E-state index >= 15 is 0 Å². The van der Waals surface area contributed by atoms with E-state index in [0.29, 0.717) is 22.4 Å². The molecule has 6 heteroatoms. The monoisotopic (exact) mass is 332 g/mol. The minimum atomic E-state index is -0.280. The molecule has 0 saturated heterocycles. The van der Waals surface area contributed by atoms with E-state index in [1.54, 1.807) is 18.3 Å². The van der Waals surface area contributed by atoms with E-state index in [1.807, 2.05) is 31.0 Å². The molecule has 0 bridgehead atoms. The van der Waals surface area contributed by atoms with E-state index < -0.39 is 0 Å². The predicted octanol–water partition coefficient (Wildman–Crippen LogP) is 3.93. The van der Waals surface area contributed by atoms with E-state index in [4.69, 9.17) is 11.6 Å². The second-order valence-electron chi connectivity index (χ2n) is 5.44. The van der Waals surface area contributed by atoms with Gasteiger partial charge in [0.1, 0.15) is 5.69 Å². The number of amides is 1. The third kappa shape index (κ3) is 4.66. The Morgan fingerprint density at radius 3 is 2.83 bits per heavy atom. The van der Waals surface area contributed by atoms with Crippen LogP contribution in [0.1, 0.15) is 35.8 Å². The number of benzene rings is 1. The summed E-state index contributed by atoms with van der Waals surface area (Å²) in [6.45, 7) is 4.90. The van der Waals surface area contributed by atoms with Crippen molar-refractivity contribution in [2.75, 3.05) is 23.8 Å². The number of hydrogen-bond acceptors (Lipinski definition) is 4. The summed E-state index contributed by atoms with van der Waals surface area (Å²) in [5, 5.41) is 3.42. The lowest BCUT2D eigenvalue weighted by Crippen LogP contribution is -2.22. The van der Waals surface area contributed by atoms with Crippen LogP contribution in [-0.4, -0.2) is 29.5 Å². The average molecular weight is 333 g/mol. The van der Waals surface area contributed by atoms with Crippen molar-refractivity contribution in [2.45, 2.75) is 26.7 Å². The van der Waals surface area contributed by atoms with Gasteiger partial charge in [0, 0.05) is 30.5 Å². The van der Waals surface area contributed by atoms with Crippen LogP contribution in [0.25, 0.3) is 0 Å². The second-order valence-corrected chi connectivity index (χ2v) is 5.84. The van der Waals surface area contributed by atoms with Crippen LogP contribution < -0.4 is 10.2 Å². The normalized spacial score (nSPS) is 10.4. The number of nitrogens with zero attached hydrogens (tertiary/aromatic N) is 3. The summed E-state index contributed by atoms with van der Waals surface area (Å²) in [6, 6.07) is 7.00. The Bertz CT molecular complexity index is 690. The summed E-state index contributed by atoms with van der Waals surface area (Å²) in [5.74, 6) is 0.269. The van der Waals surface area contributed by atoms with Crippen molar-refractivity contribution in [1.82, 2.24) is 9.97 Å². The van der Waals surface area contributed by atoms with Gasteiger partial charge in [-0.15, -0.1) is 0 Å². The van der Waals surface area contributed by atoms with Gasteiger partial charge in [0.15, 0.2) is 0 Å². The first kappa shape index (κ1) is 17.2. The van der Waals surface area contributed by atoms with Crippen molar-refractivity contribution < 1.29 is 4.79 Å². The fraction of sp³-hybridized carbons (Fsp3) is 0.353. The van der Waals surface area contributed by atoms with E-state index in [9.17, 15) is 4.79 Å². The topological polar surface area (TPSA) is 58.1 Å². The van der Waals surface area contributed by atoms with Crippen LogP contribution in [0.3, 0.4) is 0 Å². The molecule has 0 spiro atoms. The number of nitrogens with one attached hydrogen (secondary N) is 1. The number of carbonyl (C=O) groups excluding carboxylic acids is 1. The van der Waals surface area contributed by atoms with E-state index in [-0.39, 0.29) is 5.91 Å². The van der Waals surface area contributed by atoms with E-state index in [1.165, 1.54) is 0 Å². The smallest absolute Gasteiger partial charge is 0.274 e. The molecule has 1 N–H and O–H groups in total. The van der Waals surface area contributed by atoms with Crippen LogP contribution in [0, 0.1) is 6.92 Å². The summed E-state index contributed by atoms with van der Waals surface area (Å²) in [4.78, 5) is 22.8. The Morgan fingerprint density at radius 2 is 2.13 bits per heavy atom. The van der Waals surface area contributed by atoms with Gasteiger partial charge in [-0.05, 0) is 37.1 Å². The number of halogens is 1. The molecule has 1 aromatic carbocycles. The molecule has 0 fully saturated rings. The first-order valence-corrected chi connectivity index (χ1v) is 8.00. The van der Waals surface area contributed by atoms with E-state index in [0.717, 1.165) is 24.9 Å². The van der Waals surface area contributed by atoms with Gasteiger partial charge in [-0.2, -0.15) is 0 Å². The van der Waals surface area contributed by atoms with Gasteiger partial charge in [0.2, 0.25) is 5.95 Å². The quantitative estimate of drug-likeness (QED) is 0.870. The number of unbranched alkanes of at least 4 members (excludes halogenated alkanes) is 1. The molecule has 1 heterocycles. The zero-order valence-corrected chi connectivity index (χ0v) is 14.4. The summed E-state index contributed by atoms with van der Waals surface area (Å²) in [5.41, 5.74) is 1.94. The molecule has 1 amide bonds. The number of hydrogen-bond donors (Lipinski definition) is 1. The predicted molar refractivity (Wildman–Crippen MR) is 94.4 cm³/mol. The standard InChI is InChI=1S/C17H21ClN4O/c1-4-5-10-22(3)17-19-9-8-15(21-17)16(23)20-13-7-6-12(2)14(18)11-13/h6-9,11H,4-5,10H2,1-3H3,(H,20,23). The third-order valence-electron chi connectivity index (χ3n) is 3.49. The van der Waals surface area contributed by atoms with Gasteiger partial charge < -0.3 is 10.2 Å². The van der Waals surface area contributed by atoms with Crippen LogP contribution in [0.5, 0.6) is 0 Å². The SMILES string of the molecule is CCCCN(C)c1nccc(C(=O)Nc2ccc(C)c(Cl)c2)n1. The molecule has 0 radical (unpaired) electrons. The molecule has 122 valence electrons. The Morgan fingerprint density at radius 1 is 1.35 bits per heavy atom. The second kappa shape index (κ2) is 7.92. The van der Waals surface area contributed by atoms with Crippen molar-refractivity contribution in [3.63, 3.8) is 0 Å². The lowest BCUT2D eigenvalue weighted by molar-refractivity contribution is 0.102. The first-order valence-electron chi connectivity index (χ1n) is 7.63. The van der Waals surface area contributed by atoms with Crippen molar-refractivity contribution in [3.8, 4) is 0 Å². The summed E-state index contributed by atoms with van der Waals surface area (Å²) >= 11 is 6.07. The van der Waals surface area contributed by atoms with Crippen LogP contribution in [0.2, 0.25) is 5.02 Å². The molecule has 2 aromatic rings. The minimum absolute atomic E-state index is 0.280. The van der Waals surface area contributed by atoms with Crippen LogP contribution in [0.4, 0.5) is 11.6 Å². The molecule has 1 aromatic heterocycles. The van der Waals surface area contributed by atoms with Gasteiger partial charge >= 0.3 is 0 Å². The number of rotatable bonds is 6. The fourth-order valence-corrected chi connectivity index (χ4v) is 2.20. The highest BCUT2D eigenvalue weighted by molar-refractivity contribution is 6.31. The van der Waals surface area contributed by atoms with Crippen molar-refractivity contribution in [3.05, 3.63) is 46.7 Å². The highest BCUT2D eigenvalue weighted by atomic mass is 35.5. The van der Waals surface area contributed by atoms with Crippen molar-refractivity contribution in [2.24, 2.45) is 0 Å². The molecule has 0 aliphatic heterocycles. The molecule has 0 saturated carbocycles. The Labute approximate surface area is 141 Å². The van der Waals surface area contributed by atoms with Crippen LogP contribution in [-0.2, 0) is 0 Å². The minimum Gasteiger partial charge on any atom is -0.344 e. The van der Waals surface area contributed by atoms with Gasteiger partial charge in [0.05, 0.1) is 0 Å². The summed E-state index contributed by atoms with van der Waals surface area (Å²) in [7, 11) is 1.92. The molecule has 0 atom stereocenters. The number of aromatic nitrogens is 2. The number of anilines is 2. The Hall–Kier alpha value is -2.14. The highest BCUT2D eigenvalue weighted by Gasteiger charge is 2.11. The zero-order valence-electron chi connectivity index (χ0n) is 13.6. The van der Waals surface area contributed by atoms with Crippen molar-refractivity contribution in [1.29, 1.82) is 0 Å². The van der Waals surface area contributed by atoms with Crippen LogP contribution >= 0.6 is 11.6 Å². The number of carbonyl (C=O) groups is 1. The fourth-order valence-electron chi connectivity index (χ4n) is 2.02. The summed E-state index contributed by atoms with van der Waals surface area (Å²) in [6.07, 6.45) is 3.75. The van der Waals surface area contributed by atoms with Crippen LogP contribution in [0.15, 0.2) is 30.5 Å². The highest BCUT2D eigenvalue weighted by Crippen LogP contribution is 2.20. The van der Waals surface area contributed by atoms with E-state index in [2.05, 4.69) is 22.2 Å². The Balaban J connectivity index is 2.11. The van der Waals surface area contributed by atoms with Gasteiger partial charge in [0.25, 0.3) is 5.91 Å². The van der Waals surface area contributed by atoms with Gasteiger partial charge in [-0.1, -0.05) is 31.0 Å². The zero-order chi connectivity index (χ0) is 16.8. The maximum Gasteiger partial charge on any atom is 0.274 e. The molecule has 0 aliphatic carbocycles. The molecular weight excluding hydrogens is 312 g/mol. The lowest BCUT2D eigenvalue weighted by Gasteiger charge is -2.16. The largest absolute Gasteiger partial charge is 0.344 e. The lowest BCUT2D eigenvalue weighted by atomic mass is 10.2.